The molecule has 1 aromatic rings. The fraction of sp³-hybridized carbons (Fsp3) is 0.529. The summed E-state index contributed by atoms with van der Waals surface area (Å²) >= 11 is 1.43. The molecule has 5 heteroatoms. The number of aromatic nitrogens is 1. The Bertz CT molecular complexity index is 580. The van der Waals surface area contributed by atoms with Gasteiger partial charge in [0.2, 0.25) is 0 Å². The maximum Gasteiger partial charge on any atom is 0.265 e. The Morgan fingerprint density at radius 3 is 3.18 bits per heavy atom. The van der Waals surface area contributed by atoms with Gasteiger partial charge in [-0.1, -0.05) is 29.6 Å². The lowest BCUT2D eigenvalue weighted by molar-refractivity contribution is 0.0488. The van der Waals surface area contributed by atoms with Crippen molar-refractivity contribution >= 4 is 22.4 Å². The number of hydrogen-bond donors (Lipinski definition) is 1. The van der Waals surface area contributed by atoms with E-state index in [9.17, 15) is 4.79 Å². The number of piperidine rings is 1. The predicted octanol–water partition coefficient (Wildman–Crippen LogP) is 3.70. The second-order valence-electron chi connectivity index (χ2n) is 6.24. The van der Waals surface area contributed by atoms with Crippen LogP contribution in [0, 0.1) is 5.41 Å². The first-order chi connectivity index (χ1) is 10.7. The molecule has 4 nitrogen and oxygen atoms in total. The molecule has 0 saturated carbocycles. The molecule has 118 valence electrons. The van der Waals surface area contributed by atoms with Gasteiger partial charge in [-0.3, -0.25) is 4.79 Å². The topological polar surface area (TPSA) is 45.2 Å². The number of rotatable bonds is 4. The summed E-state index contributed by atoms with van der Waals surface area (Å²) in [5.74, 6) is 0.137. The first-order valence-corrected chi connectivity index (χ1v) is 8.79. The highest BCUT2D eigenvalue weighted by Crippen LogP contribution is 2.41. The van der Waals surface area contributed by atoms with E-state index in [0.717, 1.165) is 42.4 Å². The number of thiazole rings is 1. The van der Waals surface area contributed by atoms with Crippen molar-refractivity contribution in [3.05, 3.63) is 35.9 Å². The van der Waals surface area contributed by atoms with Crippen molar-refractivity contribution in [2.24, 2.45) is 5.41 Å². The summed E-state index contributed by atoms with van der Waals surface area (Å²) in [6, 6.07) is 0. The standard InChI is InChI=1S/C17H23N3OS/c1-2-10-18-16-19-12-14(22-16)15(21)20-11-6-9-17(13-20)7-4-3-5-8-17/h2-4,12H,1,5-11,13H2,(H,18,19). The van der Waals surface area contributed by atoms with Gasteiger partial charge in [0.05, 0.1) is 6.20 Å². The number of carbonyl (C=O) groups excluding carboxylic acids is 1. The van der Waals surface area contributed by atoms with Crippen LogP contribution in [0.3, 0.4) is 0 Å². The summed E-state index contributed by atoms with van der Waals surface area (Å²) in [5.41, 5.74) is 0.317. The minimum Gasteiger partial charge on any atom is -0.358 e. The molecule has 1 N–H and O–H groups in total. The molecule has 22 heavy (non-hydrogen) atoms. The van der Waals surface area contributed by atoms with Crippen LogP contribution >= 0.6 is 11.3 Å². The number of nitrogens with zero attached hydrogens (tertiary/aromatic N) is 2. The number of allylic oxidation sites excluding steroid dienone is 2. The van der Waals surface area contributed by atoms with E-state index in [1.807, 2.05) is 4.90 Å². The number of hydrogen-bond acceptors (Lipinski definition) is 4. The van der Waals surface area contributed by atoms with E-state index in [4.69, 9.17) is 0 Å². The van der Waals surface area contributed by atoms with Gasteiger partial charge >= 0.3 is 0 Å². The third kappa shape index (κ3) is 3.24. The Balaban J connectivity index is 1.67. The molecule has 0 bridgehead atoms. The number of amides is 1. The van der Waals surface area contributed by atoms with Crippen molar-refractivity contribution in [2.45, 2.75) is 32.1 Å². The Labute approximate surface area is 135 Å². The first-order valence-electron chi connectivity index (χ1n) is 7.97. The zero-order valence-corrected chi connectivity index (χ0v) is 13.7. The van der Waals surface area contributed by atoms with Gasteiger partial charge in [0, 0.05) is 19.6 Å². The van der Waals surface area contributed by atoms with E-state index >= 15 is 0 Å². The maximum atomic E-state index is 12.7. The molecule has 0 aromatic carbocycles. The molecule has 2 heterocycles. The third-order valence-electron chi connectivity index (χ3n) is 4.62. The molecule has 1 fully saturated rings. The van der Waals surface area contributed by atoms with Crippen molar-refractivity contribution in [1.29, 1.82) is 0 Å². The fourth-order valence-corrected chi connectivity index (χ4v) is 4.26. The Hall–Kier alpha value is -1.62. The molecule has 2 aliphatic rings. The van der Waals surface area contributed by atoms with Crippen molar-refractivity contribution in [3.8, 4) is 0 Å². The summed E-state index contributed by atoms with van der Waals surface area (Å²) < 4.78 is 0. The average molecular weight is 317 g/mol. The molecule has 1 saturated heterocycles. The summed E-state index contributed by atoms with van der Waals surface area (Å²) in [4.78, 5) is 19.8. The summed E-state index contributed by atoms with van der Waals surface area (Å²) in [6.45, 7) is 6.11. The SMILES string of the molecule is C=CCNc1ncc(C(=O)N2CCCC3(CC=CCC3)C2)s1. The minimum absolute atomic E-state index is 0.137. The Kier molecular flexibility index (Phi) is 4.62. The first kappa shape index (κ1) is 15.3. The molecule has 1 amide bonds. The second kappa shape index (κ2) is 6.65. The number of likely N-dealkylation sites (tertiary alicyclic amines) is 1. The summed E-state index contributed by atoms with van der Waals surface area (Å²) in [7, 11) is 0. The fourth-order valence-electron chi connectivity index (χ4n) is 3.46. The van der Waals surface area contributed by atoms with Gasteiger partial charge in [-0.15, -0.1) is 6.58 Å². The monoisotopic (exact) mass is 317 g/mol. The molecule has 3 rings (SSSR count). The molecular formula is C17H23N3OS. The quantitative estimate of drug-likeness (QED) is 0.861. The van der Waals surface area contributed by atoms with Crippen molar-refractivity contribution in [2.75, 3.05) is 25.0 Å². The van der Waals surface area contributed by atoms with Gasteiger partial charge in [0.15, 0.2) is 5.13 Å². The van der Waals surface area contributed by atoms with Crippen molar-refractivity contribution < 1.29 is 4.79 Å². The van der Waals surface area contributed by atoms with E-state index in [1.165, 1.54) is 24.2 Å². The van der Waals surface area contributed by atoms with E-state index in [1.54, 1.807) is 12.3 Å². The zero-order valence-electron chi connectivity index (χ0n) is 12.9. The van der Waals surface area contributed by atoms with Crippen LogP contribution in [0.4, 0.5) is 5.13 Å². The number of carbonyl (C=O) groups is 1. The van der Waals surface area contributed by atoms with Gasteiger partial charge in [-0.2, -0.15) is 0 Å². The van der Waals surface area contributed by atoms with Crippen LogP contribution in [0.25, 0.3) is 0 Å². The van der Waals surface area contributed by atoms with Crippen molar-refractivity contribution in [3.63, 3.8) is 0 Å². The van der Waals surface area contributed by atoms with Crippen LogP contribution in [-0.4, -0.2) is 35.4 Å². The maximum absolute atomic E-state index is 12.7. The highest BCUT2D eigenvalue weighted by atomic mass is 32.1. The molecule has 1 unspecified atom stereocenters. The van der Waals surface area contributed by atoms with E-state index in [-0.39, 0.29) is 5.91 Å². The summed E-state index contributed by atoms with van der Waals surface area (Å²) in [5, 5.41) is 3.93. The molecule has 1 atom stereocenters. The predicted molar refractivity (Wildman–Crippen MR) is 91.4 cm³/mol. The minimum atomic E-state index is 0.137. The highest BCUT2D eigenvalue weighted by Gasteiger charge is 2.37. The van der Waals surface area contributed by atoms with Crippen LogP contribution in [0.5, 0.6) is 0 Å². The van der Waals surface area contributed by atoms with Crippen LogP contribution in [-0.2, 0) is 0 Å². The van der Waals surface area contributed by atoms with Crippen LogP contribution < -0.4 is 5.32 Å². The molecule has 1 aromatic heterocycles. The number of nitrogens with one attached hydrogen (secondary N) is 1. The van der Waals surface area contributed by atoms with E-state index < -0.39 is 0 Å². The normalized spacial score (nSPS) is 24.5. The van der Waals surface area contributed by atoms with Gasteiger partial charge in [0.1, 0.15) is 4.88 Å². The molecule has 0 radical (unpaired) electrons. The molecule has 1 spiro atoms. The van der Waals surface area contributed by atoms with Crippen LogP contribution in [0.1, 0.15) is 41.8 Å². The van der Waals surface area contributed by atoms with Crippen LogP contribution in [0.15, 0.2) is 31.0 Å². The van der Waals surface area contributed by atoms with Gasteiger partial charge in [0.25, 0.3) is 5.91 Å². The average Bonchev–Trinajstić information content (AvgIpc) is 3.02. The Morgan fingerprint density at radius 1 is 1.50 bits per heavy atom. The van der Waals surface area contributed by atoms with E-state index in [2.05, 4.69) is 29.0 Å². The second-order valence-corrected chi connectivity index (χ2v) is 7.27. The number of anilines is 1. The lowest BCUT2D eigenvalue weighted by Gasteiger charge is -2.43. The van der Waals surface area contributed by atoms with E-state index in [0.29, 0.717) is 12.0 Å². The molecule has 1 aliphatic heterocycles. The zero-order chi connectivity index (χ0) is 15.4. The van der Waals surface area contributed by atoms with Gasteiger partial charge < -0.3 is 10.2 Å². The lowest BCUT2D eigenvalue weighted by Crippen LogP contribution is -2.46. The Morgan fingerprint density at radius 2 is 2.41 bits per heavy atom. The van der Waals surface area contributed by atoms with Gasteiger partial charge in [-0.05, 0) is 37.5 Å². The third-order valence-corrected chi connectivity index (χ3v) is 5.56. The largest absolute Gasteiger partial charge is 0.358 e. The molecule has 1 aliphatic carbocycles. The highest BCUT2D eigenvalue weighted by molar-refractivity contribution is 7.17. The smallest absolute Gasteiger partial charge is 0.265 e. The van der Waals surface area contributed by atoms with Gasteiger partial charge in [-0.25, -0.2) is 4.98 Å². The van der Waals surface area contributed by atoms with Crippen molar-refractivity contribution in [1.82, 2.24) is 9.88 Å². The summed E-state index contributed by atoms with van der Waals surface area (Å²) in [6.07, 6.45) is 13.9. The van der Waals surface area contributed by atoms with Crippen LogP contribution in [0.2, 0.25) is 0 Å². The lowest BCUT2D eigenvalue weighted by atomic mass is 9.71. The molecular weight excluding hydrogens is 294 g/mol.